The number of hydrogen-bond acceptors (Lipinski definition) is 4. The van der Waals surface area contributed by atoms with Gasteiger partial charge >= 0.3 is 11.9 Å². The van der Waals surface area contributed by atoms with Crippen molar-refractivity contribution in [1.29, 1.82) is 0 Å². The molecule has 0 aliphatic heterocycles. The number of carboxylic acids is 2. The Bertz CT molecular complexity index is 627. The summed E-state index contributed by atoms with van der Waals surface area (Å²) in [6.07, 6.45) is 3.58. The van der Waals surface area contributed by atoms with Gasteiger partial charge in [-0.05, 0) is 18.1 Å². The molecule has 1 aromatic rings. The summed E-state index contributed by atoms with van der Waals surface area (Å²) in [4.78, 5) is 22.3. The van der Waals surface area contributed by atoms with E-state index in [2.05, 4.69) is 0 Å². The fourth-order valence-corrected chi connectivity index (χ4v) is 2.01. The molecule has 20 heavy (non-hydrogen) atoms. The Morgan fingerprint density at radius 1 is 1.10 bits per heavy atom. The molecule has 0 saturated carbocycles. The van der Waals surface area contributed by atoms with Crippen LogP contribution in [0.3, 0.4) is 0 Å². The first-order valence-corrected chi connectivity index (χ1v) is 5.76. The first-order chi connectivity index (χ1) is 9.38. The largest absolute Gasteiger partial charge is 0.504 e. The maximum atomic E-state index is 11.1. The number of para-hydroxylation sites is 1. The summed E-state index contributed by atoms with van der Waals surface area (Å²) in [5.74, 6) is -3.53. The van der Waals surface area contributed by atoms with Gasteiger partial charge in [0, 0.05) is 5.56 Å². The lowest BCUT2D eigenvalue weighted by atomic mass is 9.79. The summed E-state index contributed by atoms with van der Waals surface area (Å²) < 4.78 is 0. The average molecular weight is 276 g/mol. The topological polar surface area (TPSA) is 115 Å². The zero-order chi connectivity index (χ0) is 14.9. The highest BCUT2D eigenvalue weighted by molar-refractivity contribution is 6.02. The van der Waals surface area contributed by atoms with E-state index in [1.165, 1.54) is 24.3 Å². The molecule has 0 radical (unpaired) electrons. The highest BCUT2D eigenvalue weighted by Crippen LogP contribution is 2.39. The Balaban J connectivity index is 2.40. The van der Waals surface area contributed by atoms with Crippen LogP contribution in [0.2, 0.25) is 0 Å². The van der Waals surface area contributed by atoms with Crippen molar-refractivity contribution in [2.45, 2.75) is 6.42 Å². The van der Waals surface area contributed by atoms with Crippen molar-refractivity contribution < 1.29 is 30.0 Å². The van der Waals surface area contributed by atoms with Crippen molar-refractivity contribution in [3.63, 3.8) is 0 Å². The molecule has 104 valence electrons. The maximum absolute atomic E-state index is 11.1. The van der Waals surface area contributed by atoms with Gasteiger partial charge in [0.2, 0.25) is 0 Å². The predicted molar refractivity (Wildman–Crippen MR) is 69.2 cm³/mol. The lowest BCUT2D eigenvalue weighted by Crippen LogP contribution is -2.38. The molecule has 6 heteroatoms. The number of carbonyl (C=O) groups is 2. The molecule has 0 fully saturated rings. The van der Waals surface area contributed by atoms with E-state index >= 15 is 0 Å². The number of phenols is 2. The van der Waals surface area contributed by atoms with Crippen LogP contribution >= 0.6 is 0 Å². The lowest BCUT2D eigenvalue weighted by Gasteiger charge is -2.23. The van der Waals surface area contributed by atoms with Gasteiger partial charge in [0.15, 0.2) is 16.9 Å². The van der Waals surface area contributed by atoms with E-state index in [1.807, 2.05) is 0 Å². The van der Waals surface area contributed by atoms with Crippen molar-refractivity contribution >= 4 is 17.5 Å². The molecule has 6 nitrogen and oxygen atoms in total. The van der Waals surface area contributed by atoms with Gasteiger partial charge in [-0.3, -0.25) is 9.59 Å². The highest BCUT2D eigenvalue weighted by Gasteiger charge is 2.44. The van der Waals surface area contributed by atoms with Gasteiger partial charge < -0.3 is 20.4 Å². The van der Waals surface area contributed by atoms with Crippen molar-refractivity contribution in [2.24, 2.45) is 5.41 Å². The van der Waals surface area contributed by atoms with Crippen LogP contribution < -0.4 is 0 Å². The minimum absolute atomic E-state index is 0.238. The summed E-state index contributed by atoms with van der Waals surface area (Å²) in [6, 6.07) is 4.37. The van der Waals surface area contributed by atoms with E-state index in [0.717, 1.165) is 6.08 Å². The molecule has 0 heterocycles. The van der Waals surface area contributed by atoms with E-state index in [1.54, 1.807) is 6.07 Å². The number of benzene rings is 1. The molecule has 0 spiro atoms. The number of phenolic OH excluding ortho intramolecular Hbond substituents is 2. The van der Waals surface area contributed by atoms with E-state index in [0.29, 0.717) is 11.1 Å². The van der Waals surface area contributed by atoms with Crippen molar-refractivity contribution in [3.05, 3.63) is 42.0 Å². The van der Waals surface area contributed by atoms with Crippen molar-refractivity contribution in [2.75, 3.05) is 0 Å². The van der Waals surface area contributed by atoms with Gasteiger partial charge in [-0.25, -0.2) is 0 Å². The molecule has 0 unspecified atom stereocenters. The second kappa shape index (κ2) is 4.73. The predicted octanol–water partition coefficient (Wildman–Crippen LogP) is 1.60. The van der Waals surface area contributed by atoms with E-state index < -0.39 is 17.4 Å². The van der Waals surface area contributed by atoms with Gasteiger partial charge in [0.1, 0.15) is 0 Å². The first kappa shape index (κ1) is 13.7. The number of aliphatic carboxylic acids is 2. The van der Waals surface area contributed by atoms with E-state index in [4.69, 9.17) is 10.2 Å². The fourth-order valence-electron chi connectivity index (χ4n) is 2.01. The number of allylic oxidation sites excluding steroid dienone is 3. The van der Waals surface area contributed by atoms with Crippen LogP contribution in [-0.2, 0) is 9.59 Å². The van der Waals surface area contributed by atoms with Gasteiger partial charge in [0.25, 0.3) is 0 Å². The number of rotatable bonds is 3. The van der Waals surface area contributed by atoms with Crippen molar-refractivity contribution in [1.82, 2.24) is 0 Å². The molecule has 0 aromatic heterocycles. The SMILES string of the molecule is O=C(O)C1(C(=O)O)C=CC(c2cccc(O)c2O)=CC1. The zero-order valence-corrected chi connectivity index (χ0v) is 10.3. The summed E-state index contributed by atoms with van der Waals surface area (Å²) in [5.41, 5.74) is -1.22. The fraction of sp³-hybridized carbons (Fsp3) is 0.143. The minimum atomic E-state index is -1.99. The van der Waals surface area contributed by atoms with Gasteiger partial charge in [0.05, 0.1) is 0 Å². The van der Waals surface area contributed by atoms with Crippen LogP contribution in [0.1, 0.15) is 12.0 Å². The smallest absolute Gasteiger partial charge is 0.325 e. The molecule has 1 aliphatic carbocycles. The second-order valence-corrected chi connectivity index (χ2v) is 4.45. The first-order valence-electron chi connectivity index (χ1n) is 5.76. The van der Waals surface area contributed by atoms with Gasteiger partial charge in [-0.1, -0.05) is 30.4 Å². The zero-order valence-electron chi connectivity index (χ0n) is 10.3. The molecule has 2 rings (SSSR count). The van der Waals surface area contributed by atoms with Gasteiger partial charge in [-0.15, -0.1) is 0 Å². The highest BCUT2D eigenvalue weighted by atomic mass is 16.4. The summed E-state index contributed by atoms with van der Waals surface area (Å²) in [6.45, 7) is 0. The maximum Gasteiger partial charge on any atom is 0.325 e. The Labute approximate surface area is 113 Å². The van der Waals surface area contributed by atoms with Crippen LogP contribution in [0.15, 0.2) is 36.4 Å². The molecular formula is C14H12O6. The molecular weight excluding hydrogens is 264 g/mol. The third-order valence-electron chi connectivity index (χ3n) is 3.28. The quantitative estimate of drug-likeness (QED) is 0.492. The summed E-state index contributed by atoms with van der Waals surface area (Å²) in [7, 11) is 0. The molecule has 0 atom stereocenters. The molecule has 0 bridgehead atoms. The van der Waals surface area contributed by atoms with Crippen LogP contribution in [0.25, 0.3) is 5.57 Å². The number of carboxylic acid groups (broad SMARTS) is 2. The second-order valence-electron chi connectivity index (χ2n) is 4.45. The standard InChI is InChI=1S/C14H12O6/c15-10-3-1-2-9(11(10)16)8-4-6-14(7-5-8,12(17)18)13(19)20/h1-6,15-16H,7H2,(H,17,18)(H,19,20). The number of hydrogen-bond donors (Lipinski definition) is 4. The van der Waals surface area contributed by atoms with Gasteiger partial charge in [-0.2, -0.15) is 0 Å². The van der Waals surface area contributed by atoms with Crippen LogP contribution in [-0.4, -0.2) is 32.4 Å². The average Bonchev–Trinajstić information content (AvgIpc) is 2.41. The number of aromatic hydroxyl groups is 2. The monoisotopic (exact) mass is 276 g/mol. The van der Waals surface area contributed by atoms with Crippen LogP contribution in [0, 0.1) is 5.41 Å². The van der Waals surface area contributed by atoms with Crippen LogP contribution in [0.5, 0.6) is 11.5 Å². The molecule has 0 saturated heterocycles. The van der Waals surface area contributed by atoms with E-state index in [9.17, 15) is 19.8 Å². The third-order valence-corrected chi connectivity index (χ3v) is 3.28. The molecule has 1 aliphatic rings. The Kier molecular flexibility index (Phi) is 3.23. The normalized spacial score (nSPS) is 16.5. The Morgan fingerprint density at radius 2 is 1.75 bits per heavy atom. The Hall–Kier alpha value is -2.76. The minimum Gasteiger partial charge on any atom is -0.504 e. The third kappa shape index (κ3) is 2.01. The van der Waals surface area contributed by atoms with Crippen molar-refractivity contribution in [3.8, 4) is 11.5 Å². The summed E-state index contributed by atoms with van der Waals surface area (Å²) >= 11 is 0. The molecule has 1 aromatic carbocycles. The van der Waals surface area contributed by atoms with E-state index in [-0.39, 0.29) is 17.9 Å². The molecule has 4 N–H and O–H groups in total. The van der Waals surface area contributed by atoms with Crippen LogP contribution in [0.4, 0.5) is 0 Å². The lowest BCUT2D eigenvalue weighted by molar-refractivity contribution is -0.160. The molecule has 0 amide bonds. The summed E-state index contributed by atoms with van der Waals surface area (Å²) in [5, 5.41) is 37.3. The Morgan fingerprint density at radius 3 is 2.25 bits per heavy atom.